The third-order valence-corrected chi connectivity index (χ3v) is 4.70. The average molecular weight is 375 g/mol. The van der Waals surface area contributed by atoms with Gasteiger partial charge >= 0.3 is 0 Å². The molecule has 0 aromatic rings. The molecule has 27 heavy (non-hydrogen) atoms. The first-order chi connectivity index (χ1) is 12.9. The Morgan fingerprint density at radius 3 is 1.48 bits per heavy atom. The Balaban J connectivity index is 4.17. The molecule has 154 valence electrons. The lowest BCUT2D eigenvalue weighted by Crippen LogP contribution is -1.91. The number of aliphatic hydroxyl groups is 2. The third kappa shape index (κ3) is 16.5. The largest absolute Gasteiger partial charge is 0.392 e. The molecule has 0 fully saturated rings. The van der Waals surface area contributed by atoms with Crippen molar-refractivity contribution in [3.05, 3.63) is 58.2 Å². The smallest absolute Gasteiger partial charge is 0.0641 e. The molecule has 0 rings (SSSR count). The van der Waals surface area contributed by atoms with Crippen LogP contribution in [-0.2, 0) is 0 Å². The average Bonchev–Trinajstić information content (AvgIpc) is 2.60. The highest BCUT2D eigenvalue weighted by atomic mass is 16.3. The summed E-state index contributed by atoms with van der Waals surface area (Å²) >= 11 is 0. The Kier molecular flexibility index (Phi) is 15.9. The van der Waals surface area contributed by atoms with Crippen molar-refractivity contribution in [3.8, 4) is 0 Å². The molecule has 2 heteroatoms. The van der Waals surface area contributed by atoms with Gasteiger partial charge in [-0.3, -0.25) is 0 Å². The molecule has 0 aliphatic heterocycles. The van der Waals surface area contributed by atoms with Gasteiger partial charge in [0.05, 0.1) is 13.2 Å². The molecular formula is C25H42O2. The highest BCUT2D eigenvalue weighted by Gasteiger charge is 1.97. The van der Waals surface area contributed by atoms with Crippen LogP contribution < -0.4 is 0 Å². The third-order valence-electron chi connectivity index (χ3n) is 4.70. The molecule has 0 radical (unpaired) electrons. The molecule has 0 heterocycles. The first kappa shape index (κ1) is 25.6. The molecule has 0 unspecified atom stereocenters. The fourth-order valence-electron chi connectivity index (χ4n) is 2.85. The molecule has 0 aliphatic carbocycles. The zero-order chi connectivity index (χ0) is 20.5. The topological polar surface area (TPSA) is 40.5 Å². The lowest BCUT2D eigenvalue weighted by molar-refractivity contribution is 0.326. The molecule has 0 amide bonds. The van der Waals surface area contributed by atoms with Crippen molar-refractivity contribution in [2.75, 3.05) is 13.2 Å². The van der Waals surface area contributed by atoms with Gasteiger partial charge in [-0.1, -0.05) is 52.7 Å². The second kappa shape index (κ2) is 16.8. The minimum atomic E-state index is 0.108. The van der Waals surface area contributed by atoms with Gasteiger partial charge in [0.15, 0.2) is 0 Å². The minimum Gasteiger partial charge on any atom is -0.392 e. The van der Waals surface area contributed by atoms with E-state index >= 15 is 0 Å². The van der Waals surface area contributed by atoms with E-state index in [-0.39, 0.29) is 13.2 Å². The van der Waals surface area contributed by atoms with Crippen LogP contribution >= 0.6 is 0 Å². The number of rotatable bonds is 14. The summed E-state index contributed by atoms with van der Waals surface area (Å²) in [5, 5.41) is 18.4. The van der Waals surface area contributed by atoms with Crippen molar-refractivity contribution in [2.24, 2.45) is 0 Å². The van der Waals surface area contributed by atoms with E-state index in [1.807, 2.05) is 13.0 Å². The summed E-state index contributed by atoms with van der Waals surface area (Å²) in [6.07, 6.45) is 19.3. The van der Waals surface area contributed by atoms with Crippen molar-refractivity contribution in [1.82, 2.24) is 0 Å². The molecule has 0 atom stereocenters. The van der Waals surface area contributed by atoms with Crippen LogP contribution in [0.2, 0.25) is 0 Å². The molecule has 0 bridgehead atoms. The van der Waals surface area contributed by atoms with Gasteiger partial charge < -0.3 is 10.2 Å². The Bertz CT molecular complexity index is 541. The standard InChI is InChI=1S/C25H42O2/c1-21(2)10-6-11-22(3)12-7-13-23(4)14-8-16-25(20-27)17-9-15-24(5)18-19-26/h10,12,14,17-18,26-27H,6-9,11,13,15-16,19-20H2,1-5H3. The summed E-state index contributed by atoms with van der Waals surface area (Å²) in [4.78, 5) is 0. The predicted molar refractivity (Wildman–Crippen MR) is 120 cm³/mol. The minimum absolute atomic E-state index is 0.108. The Labute approximate surface area is 168 Å². The number of aliphatic hydroxyl groups excluding tert-OH is 2. The molecule has 0 saturated heterocycles. The maximum atomic E-state index is 9.51. The van der Waals surface area contributed by atoms with Crippen LogP contribution in [-0.4, -0.2) is 23.4 Å². The summed E-state index contributed by atoms with van der Waals surface area (Å²) in [5.41, 5.74) is 6.63. The van der Waals surface area contributed by atoms with E-state index in [1.165, 1.54) is 22.3 Å². The van der Waals surface area contributed by atoms with Crippen LogP contribution in [0.15, 0.2) is 58.2 Å². The van der Waals surface area contributed by atoms with Crippen LogP contribution in [0.5, 0.6) is 0 Å². The first-order valence-electron chi connectivity index (χ1n) is 10.4. The van der Waals surface area contributed by atoms with Gasteiger partial charge in [-0.05, 0) is 91.6 Å². The van der Waals surface area contributed by atoms with Gasteiger partial charge in [-0.15, -0.1) is 0 Å². The number of hydrogen-bond acceptors (Lipinski definition) is 2. The summed E-state index contributed by atoms with van der Waals surface area (Å²) in [5.74, 6) is 0. The second-order valence-corrected chi connectivity index (χ2v) is 7.79. The van der Waals surface area contributed by atoms with E-state index < -0.39 is 0 Å². The van der Waals surface area contributed by atoms with Crippen molar-refractivity contribution < 1.29 is 10.2 Å². The van der Waals surface area contributed by atoms with Gasteiger partial charge in [0, 0.05) is 0 Å². The molecular weight excluding hydrogens is 332 g/mol. The molecule has 0 aromatic heterocycles. The Morgan fingerprint density at radius 1 is 0.556 bits per heavy atom. The van der Waals surface area contributed by atoms with Crippen LogP contribution in [0.3, 0.4) is 0 Å². The summed E-state index contributed by atoms with van der Waals surface area (Å²) < 4.78 is 0. The highest BCUT2D eigenvalue weighted by Crippen LogP contribution is 2.14. The van der Waals surface area contributed by atoms with Gasteiger partial charge in [-0.25, -0.2) is 0 Å². The van der Waals surface area contributed by atoms with Crippen molar-refractivity contribution in [3.63, 3.8) is 0 Å². The summed E-state index contributed by atoms with van der Waals surface area (Å²) in [6.45, 7) is 11.0. The van der Waals surface area contributed by atoms with E-state index in [2.05, 4.69) is 52.0 Å². The summed E-state index contributed by atoms with van der Waals surface area (Å²) in [6, 6.07) is 0. The molecule has 2 N–H and O–H groups in total. The number of hydrogen-bond donors (Lipinski definition) is 2. The quantitative estimate of drug-likeness (QED) is 0.327. The molecule has 0 spiro atoms. The molecule has 2 nitrogen and oxygen atoms in total. The van der Waals surface area contributed by atoms with E-state index in [0.29, 0.717) is 0 Å². The fourth-order valence-corrected chi connectivity index (χ4v) is 2.85. The van der Waals surface area contributed by atoms with Crippen molar-refractivity contribution in [1.29, 1.82) is 0 Å². The van der Waals surface area contributed by atoms with Crippen LogP contribution in [0, 0.1) is 0 Å². The van der Waals surface area contributed by atoms with Gasteiger partial charge in [-0.2, -0.15) is 0 Å². The lowest BCUT2D eigenvalue weighted by atomic mass is 10.0. The summed E-state index contributed by atoms with van der Waals surface area (Å²) in [7, 11) is 0. The first-order valence-corrected chi connectivity index (χ1v) is 10.4. The zero-order valence-corrected chi connectivity index (χ0v) is 18.4. The van der Waals surface area contributed by atoms with E-state index in [0.717, 1.165) is 56.9 Å². The number of allylic oxidation sites excluding steroid dienone is 8. The van der Waals surface area contributed by atoms with Crippen LogP contribution in [0.4, 0.5) is 0 Å². The second-order valence-electron chi connectivity index (χ2n) is 7.79. The van der Waals surface area contributed by atoms with E-state index in [1.54, 1.807) is 0 Å². The van der Waals surface area contributed by atoms with Crippen molar-refractivity contribution in [2.45, 2.75) is 86.0 Å². The van der Waals surface area contributed by atoms with Crippen LogP contribution in [0.25, 0.3) is 0 Å². The molecule has 0 aromatic carbocycles. The Morgan fingerprint density at radius 2 is 1.00 bits per heavy atom. The predicted octanol–water partition coefficient (Wildman–Crippen LogP) is 6.82. The zero-order valence-electron chi connectivity index (χ0n) is 18.4. The van der Waals surface area contributed by atoms with E-state index in [9.17, 15) is 5.11 Å². The Hall–Kier alpha value is -1.38. The van der Waals surface area contributed by atoms with Gasteiger partial charge in [0.25, 0.3) is 0 Å². The van der Waals surface area contributed by atoms with E-state index in [4.69, 9.17) is 5.11 Å². The van der Waals surface area contributed by atoms with Crippen LogP contribution in [0.1, 0.15) is 86.0 Å². The molecule has 0 saturated carbocycles. The maximum Gasteiger partial charge on any atom is 0.0641 e. The maximum absolute atomic E-state index is 9.51. The lowest BCUT2D eigenvalue weighted by Gasteiger charge is -2.05. The monoisotopic (exact) mass is 374 g/mol. The fraction of sp³-hybridized carbons (Fsp3) is 0.600. The normalized spacial score (nSPS) is 13.9. The van der Waals surface area contributed by atoms with Crippen molar-refractivity contribution >= 4 is 0 Å². The highest BCUT2D eigenvalue weighted by molar-refractivity contribution is 5.09. The SMILES string of the molecule is CC(C)=CCCC(C)=CCCC(C)=CCCC(=CCCC(C)=CCO)CO. The molecule has 0 aliphatic rings. The van der Waals surface area contributed by atoms with Gasteiger partial charge in [0.2, 0.25) is 0 Å². The van der Waals surface area contributed by atoms with Gasteiger partial charge in [0.1, 0.15) is 0 Å².